The van der Waals surface area contributed by atoms with Crippen molar-refractivity contribution < 1.29 is 0 Å². The van der Waals surface area contributed by atoms with E-state index < -0.39 is 5.41 Å². The maximum Gasteiger partial charge on any atom is 0.0760 e. The van der Waals surface area contributed by atoms with Crippen LogP contribution in [0.1, 0.15) is 47.2 Å². The number of anilines is 3. The van der Waals surface area contributed by atoms with E-state index in [1.807, 2.05) is 0 Å². The van der Waals surface area contributed by atoms with Crippen LogP contribution in [0.3, 0.4) is 0 Å². The van der Waals surface area contributed by atoms with Crippen molar-refractivity contribution in [2.24, 2.45) is 0 Å². The van der Waals surface area contributed by atoms with Gasteiger partial charge in [-0.05, 0) is 97.6 Å². The predicted molar refractivity (Wildman–Crippen MR) is 275 cm³/mol. The number of aromatic nitrogens is 1. The van der Waals surface area contributed by atoms with Gasteiger partial charge in [-0.2, -0.15) is 0 Å². The van der Waals surface area contributed by atoms with Crippen molar-refractivity contribution in [3.8, 4) is 50.2 Å². The molecule has 0 atom stereocenters. The molecule has 11 aromatic rings. The van der Waals surface area contributed by atoms with Crippen molar-refractivity contribution in [1.29, 1.82) is 0 Å². The van der Waals surface area contributed by atoms with Gasteiger partial charge in [-0.15, -0.1) is 0 Å². The quantitative estimate of drug-likeness (QED) is 0.168. The van der Waals surface area contributed by atoms with Crippen LogP contribution in [0.2, 0.25) is 0 Å². The van der Waals surface area contributed by atoms with Crippen molar-refractivity contribution in [1.82, 2.24) is 4.57 Å². The summed E-state index contributed by atoms with van der Waals surface area (Å²) < 4.78 is 2.57. The molecular formula is C64H44N2. The monoisotopic (exact) mass is 840 g/mol. The van der Waals surface area contributed by atoms with Gasteiger partial charge in [-0.3, -0.25) is 0 Å². The first-order chi connectivity index (χ1) is 32.5. The van der Waals surface area contributed by atoms with E-state index in [1.165, 1.54) is 105 Å². The molecule has 0 saturated carbocycles. The summed E-state index contributed by atoms with van der Waals surface area (Å²) in [6.07, 6.45) is 0. The van der Waals surface area contributed by atoms with E-state index in [0.717, 1.165) is 17.1 Å². The Bertz CT molecular complexity index is 3760. The standard InChI is InChI=1S/C64H44N2/c1-63(2)52-30-12-6-25-46(52)51-40-42(38-39-53(51)63)65(57-34-15-9-22-43(57)41-20-4-3-5-21-41)58-35-16-10-26-47(58)49-28-19-37-60-61(49)64(54-31-13-7-23-44(54)45-24-8-14-32-55(45)64)56-33-18-29-50-48-27-11-17-36-59(48)66(60)62(50)56/h3-40H,1-2H3. The molecule has 0 N–H and O–H groups in total. The Labute approximate surface area is 385 Å². The van der Waals surface area contributed by atoms with Crippen LogP contribution in [-0.2, 0) is 10.8 Å². The Balaban J connectivity index is 1.11. The summed E-state index contributed by atoms with van der Waals surface area (Å²) in [5.41, 5.74) is 24.3. The molecule has 2 heteroatoms. The highest BCUT2D eigenvalue weighted by Crippen LogP contribution is 2.63. The van der Waals surface area contributed by atoms with Crippen molar-refractivity contribution in [2.75, 3.05) is 4.90 Å². The molecule has 66 heavy (non-hydrogen) atoms. The summed E-state index contributed by atoms with van der Waals surface area (Å²) in [6.45, 7) is 4.73. The molecule has 0 amide bonds. The van der Waals surface area contributed by atoms with E-state index in [1.54, 1.807) is 0 Å². The summed E-state index contributed by atoms with van der Waals surface area (Å²) in [7, 11) is 0. The smallest absolute Gasteiger partial charge is 0.0760 e. The highest BCUT2D eigenvalue weighted by molar-refractivity contribution is 6.13. The Morgan fingerprint density at radius 1 is 0.364 bits per heavy atom. The average Bonchev–Trinajstić information content (AvgIpc) is 3.95. The van der Waals surface area contributed by atoms with Crippen LogP contribution in [-0.4, -0.2) is 4.57 Å². The lowest BCUT2D eigenvalue weighted by atomic mass is 9.63. The molecule has 2 aliphatic carbocycles. The van der Waals surface area contributed by atoms with Gasteiger partial charge in [0.25, 0.3) is 0 Å². The van der Waals surface area contributed by atoms with Crippen LogP contribution in [0.15, 0.2) is 231 Å². The molecular weight excluding hydrogens is 797 g/mol. The van der Waals surface area contributed by atoms with E-state index in [0.29, 0.717) is 0 Å². The van der Waals surface area contributed by atoms with Crippen LogP contribution in [0.4, 0.5) is 17.1 Å². The molecule has 0 radical (unpaired) electrons. The molecule has 2 heterocycles. The van der Waals surface area contributed by atoms with Gasteiger partial charge in [0.1, 0.15) is 0 Å². The molecule has 1 spiro atoms. The topological polar surface area (TPSA) is 8.17 Å². The Hall–Kier alpha value is -8.20. The van der Waals surface area contributed by atoms with Crippen molar-refractivity contribution in [3.05, 3.63) is 264 Å². The predicted octanol–water partition coefficient (Wildman–Crippen LogP) is 16.6. The van der Waals surface area contributed by atoms with Gasteiger partial charge in [0.05, 0.1) is 33.5 Å². The molecule has 1 aliphatic heterocycles. The Kier molecular flexibility index (Phi) is 7.70. The Morgan fingerprint density at radius 2 is 0.879 bits per heavy atom. The van der Waals surface area contributed by atoms with Crippen molar-refractivity contribution in [3.63, 3.8) is 0 Å². The number of fused-ring (bicyclic) bond motifs is 15. The number of hydrogen-bond acceptors (Lipinski definition) is 1. The zero-order valence-corrected chi connectivity index (χ0v) is 36.8. The first kappa shape index (κ1) is 37.2. The maximum absolute atomic E-state index is 2.57. The summed E-state index contributed by atoms with van der Waals surface area (Å²) in [6, 6.07) is 86.5. The summed E-state index contributed by atoms with van der Waals surface area (Å²) in [5.74, 6) is 0. The molecule has 3 aliphatic rings. The van der Waals surface area contributed by atoms with Gasteiger partial charge in [-0.1, -0.05) is 208 Å². The maximum atomic E-state index is 2.57. The van der Waals surface area contributed by atoms with Gasteiger partial charge in [0.15, 0.2) is 0 Å². The van der Waals surface area contributed by atoms with Crippen LogP contribution >= 0.6 is 0 Å². The second-order valence-electron chi connectivity index (χ2n) is 18.7. The zero-order valence-electron chi connectivity index (χ0n) is 36.8. The van der Waals surface area contributed by atoms with Gasteiger partial charge < -0.3 is 9.47 Å². The van der Waals surface area contributed by atoms with Gasteiger partial charge >= 0.3 is 0 Å². The highest BCUT2D eigenvalue weighted by Gasteiger charge is 2.52. The molecule has 0 saturated heterocycles. The van der Waals surface area contributed by atoms with E-state index >= 15 is 0 Å². The van der Waals surface area contributed by atoms with Crippen molar-refractivity contribution >= 4 is 38.9 Å². The summed E-state index contributed by atoms with van der Waals surface area (Å²) >= 11 is 0. The third-order valence-corrected chi connectivity index (χ3v) is 15.2. The number of hydrogen-bond donors (Lipinski definition) is 0. The first-order valence-corrected chi connectivity index (χ1v) is 23.2. The average molecular weight is 841 g/mol. The third kappa shape index (κ3) is 4.80. The Morgan fingerprint density at radius 3 is 1.62 bits per heavy atom. The van der Waals surface area contributed by atoms with Crippen molar-refractivity contribution in [2.45, 2.75) is 24.7 Å². The minimum absolute atomic E-state index is 0.106. The van der Waals surface area contributed by atoms with Gasteiger partial charge in [0, 0.05) is 38.6 Å². The van der Waals surface area contributed by atoms with Crippen LogP contribution < -0.4 is 4.90 Å². The van der Waals surface area contributed by atoms with Gasteiger partial charge in [-0.25, -0.2) is 0 Å². The second-order valence-corrected chi connectivity index (χ2v) is 18.7. The lowest BCUT2D eigenvalue weighted by Crippen LogP contribution is -2.34. The summed E-state index contributed by atoms with van der Waals surface area (Å²) in [4.78, 5) is 2.54. The number of rotatable bonds is 5. The van der Waals surface area contributed by atoms with Crippen LogP contribution in [0.25, 0.3) is 72.0 Å². The number of benzene rings is 10. The number of para-hydroxylation sites is 4. The third-order valence-electron chi connectivity index (χ3n) is 15.2. The fraction of sp³-hybridized carbons (Fsp3) is 0.0625. The van der Waals surface area contributed by atoms with Crippen LogP contribution in [0.5, 0.6) is 0 Å². The molecule has 310 valence electrons. The fourth-order valence-electron chi connectivity index (χ4n) is 12.5. The lowest BCUT2D eigenvalue weighted by Gasteiger charge is -2.41. The fourth-order valence-corrected chi connectivity index (χ4v) is 12.5. The highest BCUT2D eigenvalue weighted by atomic mass is 15.1. The van der Waals surface area contributed by atoms with E-state index in [4.69, 9.17) is 0 Å². The lowest BCUT2D eigenvalue weighted by molar-refractivity contribution is 0.660. The normalized spacial score (nSPS) is 14.2. The second kappa shape index (κ2) is 13.7. The van der Waals surface area contributed by atoms with E-state index in [9.17, 15) is 0 Å². The zero-order chi connectivity index (χ0) is 43.7. The van der Waals surface area contributed by atoms with E-state index in [-0.39, 0.29) is 5.41 Å². The largest absolute Gasteiger partial charge is 0.309 e. The minimum Gasteiger partial charge on any atom is -0.309 e. The van der Waals surface area contributed by atoms with Gasteiger partial charge in [0.2, 0.25) is 0 Å². The first-order valence-electron chi connectivity index (χ1n) is 23.2. The van der Waals surface area contributed by atoms with E-state index in [2.05, 4.69) is 254 Å². The molecule has 10 aromatic carbocycles. The minimum atomic E-state index is -0.605. The summed E-state index contributed by atoms with van der Waals surface area (Å²) in [5, 5.41) is 2.55. The molecule has 0 unspecified atom stereocenters. The van der Waals surface area contributed by atoms with Crippen LogP contribution in [0, 0.1) is 0 Å². The molecule has 2 nitrogen and oxygen atoms in total. The SMILES string of the molecule is CC1(C)c2ccccc2-c2cc(N(c3ccccc3-c3ccccc3)c3ccccc3-c3cccc4c3C3(c5ccccc5-c5ccccc53)c3cccc5c6ccccc6n-4c35)ccc21. The number of nitrogens with zero attached hydrogens (tertiary/aromatic N) is 2. The molecule has 1 aromatic heterocycles. The molecule has 0 bridgehead atoms. The molecule has 14 rings (SSSR count). The molecule has 0 fully saturated rings.